The maximum absolute atomic E-state index is 14.3. The summed E-state index contributed by atoms with van der Waals surface area (Å²) in [5.41, 5.74) is -7.41. The fraction of sp³-hybridized carbons (Fsp3) is 0.923. The van der Waals surface area contributed by atoms with Crippen molar-refractivity contribution in [3.63, 3.8) is 0 Å². The predicted molar refractivity (Wildman–Crippen MR) is 65.8 cm³/mol. The molecule has 0 aromatic carbocycles. The molecular formula is C13H14F10O4. The van der Waals surface area contributed by atoms with Crippen LogP contribution in [0.1, 0.15) is 27.2 Å². The Bertz CT molecular complexity index is 597. The third kappa shape index (κ3) is 3.04. The number of carbonyl (C=O) groups excluding carboxylic acids is 1. The normalized spacial score (nSPS) is 29.7. The Hall–Kier alpha value is -1.31. The van der Waals surface area contributed by atoms with Crippen molar-refractivity contribution in [2.75, 3.05) is 6.61 Å². The van der Waals surface area contributed by atoms with E-state index in [1.807, 2.05) is 0 Å². The first-order chi connectivity index (χ1) is 11.6. The minimum Gasteiger partial charge on any atom is -0.442 e. The fourth-order valence-electron chi connectivity index (χ4n) is 2.04. The summed E-state index contributed by atoms with van der Waals surface area (Å²) in [5, 5.41) is 9.10. The Labute approximate surface area is 145 Å². The lowest BCUT2D eigenvalue weighted by Gasteiger charge is -2.42. The zero-order valence-electron chi connectivity index (χ0n) is 13.9. The molecule has 2 atom stereocenters. The van der Waals surface area contributed by atoms with Crippen LogP contribution in [-0.2, 0) is 14.3 Å². The van der Waals surface area contributed by atoms with Gasteiger partial charge in [0.25, 0.3) is 5.60 Å². The van der Waals surface area contributed by atoms with E-state index in [9.17, 15) is 48.7 Å². The van der Waals surface area contributed by atoms with Gasteiger partial charge in [-0.25, -0.2) is 0 Å². The van der Waals surface area contributed by atoms with Gasteiger partial charge in [-0.05, 0) is 20.3 Å². The first-order valence-corrected chi connectivity index (χ1v) is 7.13. The van der Waals surface area contributed by atoms with Gasteiger partial charge in [-0.1, -0.05) is 6.92 Å². The summed E-state index contributed by atoms with van der Waals surface area (Å²) in [7, 11) is 0. The zero-order chi connectivity index (χ0) is 21.9. The highest BCUT2D eigenvalue weighted by Gasteiger charge is 2.93. The van der Waals surface area contributed by atoms with Crippen LogP contribution < -0.4 is 0 Å². The van der Waals surface area contributed by atoms with E-state index < -0.39 is 53.6 Å². The molecule has 0 spiro atoms. The van der Waals surface area contributed by atoms with Crippen LogP contribution in [0.2, 0.25) is 0 Å². The summed E-state index contributed by atoms with van der Waals surface area (Å²) in [6.07, 6.45) is -13.7. The van der Waals surface area contributed by atoms with Crippen LogP contribution in [0.5, 0.6) is 0 Å². The smallest absolute Gasteiger partial charge is 0.442 e. The molecule has 1 heterocycles. The molecule has 0 radical (unpaired) electrons. The molecule has 1 fully saturated rings. The summed E-state index contributed by atoms with van der Waals surface area (Å²) < 4.78 is 140. The molecule has 2 unspecified atom stereocenters. The van der Waals surface area contributed by atoms with Gasteiger partial charge in [-0.2, -0.15) is 43.9 Å². The van der Waals surface area contributed by atoms with Gasteiger partial charge >= 0.3 is 36.0 Å². The standard InChI is InChI=1S/C13H14F10O4/c1-4-7(2,3)6(24)27-8(10(16,17)12(18,19)20)5-26-11(25,9(8,14)15)13(21,22)23/h25H,4-5H2,1-3H3. The van der Waals surface area contributed by atoms with Gasteiger partial charge in [-0.15, -0.1) is 0 Å². The van der Waals surface area contributed by atoms with Gasteiger partial charge in [0.1, 0.15) is 6.61 Å². The van der Waals surface area contributed by atoms with Crippen LogP contribution in [0.25, 0.3) is 0 Å². The maximum atomic E-state index is 14.3. The molecule has 0 amide bonds. The second kappa shape index (κ2) is 6.09. The van der Waals surface area contributed by atoms with Crippen molar-refractivity contribution < 1.29 is 63.3 Å². The third-order valence-electron chi connectivity index (χ3n) is 4.37. The van der Waals surface area contributed by atoms with Gasteiger partial charge in [0.15, 0.2) is 0 Å². The first-order valence-electron chi connectivity index (χ1n) is 7.13. The number of esters is 1. The molecule has 0 aliphatic carbocycles. The molecule has 4 nitrogen and oxygen atoms in total. The van der Waals surface area contributed by atoms with E-state index in [0.717, 1.165) is 13.8 Å². The lowest BCUT2D eigenvalue weighted by molar-refractivity contribution is -0.429. The van der Waals surface area contributed by atoms with Crippen molar-refractivity contribution in [1.82, 2.24) is 0 Å². The minimum atomic E-state index is -6.87. The summed E-state index contributed by atoms with van der Waals surface area (Å²) in [6, 6.07) is 0. The molecular weight excluding hydrogens is 410 g/mol. The monoisotopic (exact) mass is 424 g/mol. The summed E-state index contributed by atoms with van der Waals surface area (Å²) in [6.45, 7) is 0.274. The number of rotatable bonds is 4. The zero-order valence-corrected chi connectivity index (χ0v) is 13.9. The van der Waals surface area contributed by atoms with E-state index in [4.69, 9.17) is 5.11 Å². The van der Waals surface area contributed by atoms with E-state index >= 15 is 0 Å². The lowest BCUT2D eigenvalue weighted by atomic mass is 9.84. The molecule has 27 heavy (non-hydrogen) atoms. The van der Waals surface area contributed by atoms with Crippen molar-refractivity contribution in [3.05, 3.63) is 0 Å². The van der Waals surface area contributed by atoms with Gasteiger partial charge in [0.05, 0.1) is 5.41 Å². The average Bonchev–Trinajstić information content (AvgIpc) is 2.68. The number of ether oxygens (including phenoxy) is 2. The van der Waals surface area contributed by atoms with Crippen molar-refractivity contribution in [2.45, 2.75) is 62.8 Å². The maximum Gasteiger partial charge on any atom is 0.458 e. The van der Waals surface area contributed by atoms with Crippen LogP contribution in [0, 0.1) is 5.41 Å². The largest absolute Gasteiger partial charge is 0.458 e. The molecule has 160 valence electrons. The fourth-order valence-corrected chi connectivity index (χ4v) is 2.04. The Kier molecular flexibility index (Phi) is 5.35. The summed E-state index contributed by atoms with van der Waals surface area (Å²) in [4.78, 5) is 11.9. The van der Waals surface area contributed by atoms with Crippen LogP contribution in [0.15, 0.2) is 0 Å². The van der Waals surface area contributed by atoms with E-state index in [0.29, 0.717) is 0 Å². The van der Waals surface area contributed by atoms with Crippen molar-refractivity contribution in [3.8, 4) is 0 Å². The number of hydrogen-bond acceptors (Lipinski definition) is 4. The molecule has 14 heteroatoms. The number of carbonyl (C=O) groups is 1. The third-order valence-corrected chi connectivity index (χ3v) is 4.37. The SMILES string of the molecule is CCC(C)(C)C(=O)OC1(C(F)(F)C(F)(F)F)COC(O)(C(F)(F)F)C1(F)F. The highest BCUT2D eigenvalue weighted by molar-refractivity contribution is 5.76. The van der Waals surface area contributed by atoms with Crippen LogP contribution >= 0.6 is 0 Å². The molecule has 0 bridgehead atoms. The van der Waals surface area contributed by atoms with E-state index in [1.165, 1.54) is 6.92 Å². The van der Waals surface area contributed by atoms with E-state index in [-0.39, 0.29) is 6.42 Å². The molecule has 1 saturated heterocycles. The van der Waals surface area contributed by atoms with Gasteiger partial charge in [0, 0.05) is 0 Å². The molecule has 1 aliphatic heterocycles. The second-order valence-electron chi connectivity index (χ2n) is 6.53. The molecule has 0 aromatic rings. The average molecular weight is 424 g/mol. The van der Waals surface area contributed by atoms with Crippen LogP contribution in [0.3, 0.4) is 0 Å². The molecule has 1 aliphatic rings. The Morgan fingerprint density at radius 3 is 1.81 bits per heavy atom. The Balaban J connectivity index is 3.72. The van der Waals surface area contributed by atoms with Crippen LogP contribution in [0.4, 0.5) is 43.9 Å². The molecule has 0 saturated carbocycles. The highest BCUT2D eigenvalue weighted by Crippen LogP contribution is 2.62. The molecule has 1 N–H and O–H groups in total. The number of alkyl halides is 10. The van der Waals surface area contributed by atoms with Crippen molar-refractivity contribution in [1.29, 1.82) is 0 Å². The summed E-state index contributed by atoms with van der Waals surface area (Å²) >= 11 is 0. The van der Waals surface area contributed by atoms with Gasteiger partial charge in [0.2, 0.25) is 0 Å². The summed E-state index contributed by atoms with van der Waals surface area (Å²) in [5.74, 6) is -20.9. The van der Waals surface area contributed by atoms with Crippen LogP contribution in [-0.4, -0.2) is 53.3 Å². The number of hydrogen-bond donors (Lipinski definition) is 1. The van der Waals surface area contributed by atoms with Gasteiger partial charge < -0.3 is 14.6 Å². The molecule has 1 rings (SSSR count). The first kappa shape index (κ1) is 23.7. The predicted octanol–water partition coefficient (Wildman–Crippen LogP) is 3.82. The number of halogens is 10. The Morgan fingerprint density at radius 2 is 1.52 bits per heavy atom. The minimum absolute atomic E-state index is 0.310. The molecule has 0 aromatic heterocycles. The van der Waals surface area contributed by atoms with Gasteiger partial charge in [-0.3, -0.25) is 4.79 Å². The highest BCUT2D eigenvalue weighted by atomic mass is 19.4. The second-order valence-corrected chi connectivity index (χ2v) is 6.53. The topological polar surface area (TPSA) is 55.8 Å². The van der Waals surface area contributed by atoms with E-state index in [2.05, 4.69) is 9.47 Å². The lowest BCUT2D eigenvalue weighted by Crippen LogP contribution is -2.73. The quantitative estimate of drug-likeness (QED) is 0.551. The number of aliphatic hydroxyl groups is 1. The van der Waals surface area contributed by atoms with E-state index in [1.54, 1.807) is 0 Å². The van der Waals surface area contributed by atoms with Crippen molar-refractivity contribution in [2.24, 2.45) is 5.41 Å². The Morgan fingerprint density at radius 1 is 1.07 bits per heavy atom. The van der Waals surface area contributed by atoms with Crippen molar-refractivity contribution >= 4 is 5.97 Å².